The van der Waals surface area contributed by atoms with Crippen molar-refractivity contribution in [1.82, 2.24) is 0 Å². The van der Waals surface area contributed by atoms with Crippen LogP contribution in [0.1, 0.15) is 10.4 Å². The Kier molecular flexibility index (Phi) is 5.16. The highest BCUT2D eigenvalue weighted by molar-refractivity contribution is 6.13. The molecule has 4 aromatic carbocycles. The van der Waals surface area contributed by atoms with Crippen LogP contribution in [0, 0.1) is 0 Å². The van der Waals surface area contributed by atoms with Gasteiger partial charge in [-0.05, 0) is 35.0 Å². The van der Waals surface area contributed by atoms with Crippen molar-refractivity contribution in [2.45, 2.75) is 0 Å². The van der Waals surface area contributed by atoms with Crippen LogP contribution in [0.2, 0.25) is 0 Å². The van der Waals surface area contributed by atoms with Gasteiger partial charge in [0, 0.05) is 17.8 Å². The van der Waals surface area contributed by atoms with Gasteiger partial charge in [0.25, 0.3) is 0 Å². The van der Waals surface area contributed by atoms with Crippen LogP contribution in [0.5, 0.6) is 11.5 Å². The van der Waals surface area contributed by atoms with Crippen molar-refractivity contribution in [1.29, 1.82) is 0 Å². The molecule has 0 fully saturated rings. The average Bonchev–Trinajstić information content (AvgIpc) is 2.75. The minimum Gasteiger partial charge on any atom is -0.455 e. The molecule has 0 bridgehead atoms. The Morgan fingerprint density at radius 1 is 0.750 bits per heavy atom. The summed E-state index contributed by atoms with van der Waals surface area (Å²) in [4.78, 5) is 12.7. The van der Waals surface area contributed by atoms with E-state index in [0.717, 1.165) is 22.2 Å². The van der Waals surface area contributed by atoms with Crippen LogP contribution in [0.25, 0.3) is 10.8 Å². The normalized spacial score (nSPS) is 10.9. The van der Waals surface area contributed by atoms with E-state index in [1.54, 1.807) is 12.3 Å². The molecule has 1 N–H and O–H groups in total. The molecule has 0 unspecified atom stereocenters. The van der Waals surface area contributed by atoms with E-state index in [4.69, 9.17) is 4.74 Å². The van der Waals surface area contributed by atoms with Gasteiger partial charge in [-0.3, -0.25) is 4.79 Å². The van der Waals surface area contributed by atoms with Crippen LogP contribution in [0.15, 0.2) is 109 Å². The standard InChI is InChI=1S/C25H19NO2/c27-24(22-14-8-10-19-9-4-5-13-21(19)22)17-18-26-23-15-6-7-16-25(23)28-20-11-2-1-3-12-20/h1-18,26H/b18-17+. The maximum Gasteiger partial charge on any atom is 0.187 e. The van der Waals surface area contributed by atoms with Crippen LogP contribution in [-0.2, 0) is 0 Å². The van der Waals surface area contributed by atoms with Crippen molar-refractivity contribution >= 4 is 22.2 Å². The molecule has 0 aliphatic heterocycles. The Hall–Kier alpha value is -3.85. The molecule has 0 aliphatic rings. The summed E-state index contributed by atoms with van der Waals surface area (Å²) in [6, 6.07) is 30.9. The first-order valence-electron chi connectivity index (χ1n) is 9.08. The second-order valence-corrected chi connectivity index (χ2v) is 6.28. The van der Waals surface area contributed by atoms with Crippen LogP contribution in [-0.4, -0.2) is 5.78 Å². The fourth-order valence-corrected chi connectivity index (χ4v) is 3.03. The number of para-hydroxylation sites is 3. The van der Waals surface area contributed by atoms with E-state index in [1.807, 2.05) is 97.1 Å². The fourth-order valence-electron chi connectivity index (χ4n) is 3.03. The van der Waals surface area contributed by atoms with E-state index in [-0.39, 0.29) is 5.78 Å². The molecule has 0 radical (unpaired) electrons. The van der Waals surface area contributed by atoms with E-state index in [2.05, 4.69) is 5.32 Å². The number of hydrogen-bond donors (Lipinski definition) is 1. The summed E-state index contributed by atoms with van der Waals surface area (Å²) >= 11 is 0. The molecular weight excluding hydrogens is 346 g/mol. The molecular formula is C25H19NO2. The molecule has 0 aromatic heterocycles. The number of rotatable bonds is 6. The topological polar surface area (TPSA) is 38.3 Å². The van der Waals surface area contributed by atoms with Crippen molar-refractivity contribution < 1.29 is 9.53 Å². The minimum absolute atomic E-state index is 0.0502. The van der Waals surface area contributed by atoms with Gasteiger partial charge >= 0.3 is 0 Å². The van der Waals surface area contributed by atoms with Gasteiger partial charge in [-0.2, -0.15) is 0 Å². The van der Waals surface area contributed by atoms with Crippen molar-refractivity contribution in [2.24, 2.45) is 0 Å². The van der Waals surface area contributed by atoms with Gasteiger partial charge in [-0.15, -0.1) is 0 Å². The van der Waals surface area contributed by atoms with Crippen LogP contribution in [0.4, 0.5) is 5.69 Å². The Morgan fingerprint density at radius 2 is 1.46 bits per heavy atom. The highest BCUT2D eigenvalue weighted by atomic mass is 16.5. The molecule has 0 amide bonds. The number of hydrogen-bond acceptors (Lipinski definition) is 3. The summed E-state index contributed by atoms with van der Waals surface area (Å²) in [6.45, 7) is 0. The SMILES string of the molecule is O=C(/C=C/Nc1ccccc1Oc1ccccc1)c1cccc2ccccc12. The lowest BCUT2D eigenvalue weighted by Crippen LogP contribution is -1.98. The Bertz CT molecular complexity index is 1130. The predicted molar refractivity (Wildman–Crippen MR) is 114 cm³/mol. The Balaban J connectivity index is 1.51. The van der Waals surface area contributed by atoms with Crippen molar-refractivity contribution in [3.63, 3.8) is 0 Å². The number of ketones is 1. The number of nitrogens with one attached hydrogen (secondary N) is 1. The van der Waals surface area contributed by atoms with Gasteiger partial charge in [-0.1, -0.05) is 72.8 Å². The molecule has 136 valence electrons. The maximum atomic E-state index is 12.7. The number of allylic oxidation sites excluding steroid dienone is 1. The number of anilines is 1. The van der Waals surface area contributed by atoms with Crippen molar-refractivity contribution in [2.75, 3.05) is 5.32 Å². The minimum atomic E-state index is -0.0502. The summed E-state index contributed by atoms with van der Waals surface area (Å²) in [6.07, 6.45) is 3.19. The first-order valence-corrected chi connectivity index (χ1v) is 9.08. The molecule has 0 atom stereocenters. The summed E-state index contributed by atoms with van der Waals surface area (Å²) in [5.41, 5.74) is 1.47. The molecule has 0 heterocycles. The van der Waals surface area contributed by atoms with Crippen LogP contribution >= 0.6 is 0 Å². The zero-order valence-corrected chi connectivity index (χ0v) is 15.2. The number of fused-ring (bicyclic) bond motifs is 1. The summed E-state index contributed by atoms with van der Waals surface area (Å²) < 4.78 is 5.93. The number of benzene rings is 4. The largest absolute Gasteiger partial charge is 0.455 e. The summed E-state index contributed by atoms with van der Waals surface area (Å²) in [5.74, 6) is 1.40. The molecule has 28 heavy (non-hydrogen) atoms. The van der Waals surface area contributed by atoms with Gasteiger partial charge in [0.05, 0.1) is 5.69 Å². The molecule has 4 aromatic rings. The zero-order valence-electron chi connectivity index (χ0n) is 15.2. The fraction of sp³-hybridized carbons (Fsp3) is 0. The number of carbonyl (C=O) groups is 1. The molecule has 0 aliphatic carbocycles. The van der Waals surface area contributed by atoms with E-state index in [0.29, 0.717) is 11.3 Å². The van der Waals surface area contributed by atoms with Crippen LogP contribution in [0.3, 0.4) is 0 Å². The molecule has 3 nitrogen and oxygen atoms in total. The molecule has 0 saturated carbocycles. The summed E-state index contributed by atoms with van der Waals surface area (Å²) in [7, 11) is 0. The summed E-state index contributed by atoms with van der Waals surface area (Å²) in [5, 5.41) is 5.16. The first-order chi connectivity index (χ1) is 13.8. The average molecular weight is 365 g/mol. The quantitative estimate of drug-likeness (QED) is 0.316. The third kappa shape index (κ3) is 3.94. The third-order valence-electron chi connectivity index (χ3n) is 4.39. The Labute approximate surface area is 163 Å². The lowest BCUT2D eigenvalue weighted by atomic mass is 10.0. The molecule has 4 rings (SSSR count). The van der Waals surface area contributed by atoms with Crippen molar-refractivity contribution in [3.05, 3.63) is 115 Å². The van der Waals surface area contributed by atoms with Gasteiger partial charge in [0.2, 0.25) is 0 Å². The smallest absolute Gasteiger partial charge is 0.187 e. The molecule has 0 spiro atoms. The highest BCUT2D eigenvalue weighted by Crippen LogP contribution is 2.29. The van der Waals surface area contributed by atoms with Crippen LogP contribution < -0.4 is 10.1 Å². The van der Waals surface area contributed by atoms with Gasteiger partial charge in [0.1, 0.15) is 5.75 Å². The molecule has 0 saturated heterocycles. The van der Waals surface area contributed by atoms with E-state index in [9.17, 15) is 4.79 Å². The van der Waals surface area contributed by atoms with Gasteiger partial charge in [-0.25, -0.2) is 0 Å². The second kappa shape index (κ2) is 8.23. The lowest BCUT2D eigenvalue weighted by Gasteiger charge is -2.10. The lowest BCUT2D eigenvalue weighted by molar-refractivity contribution is 0.104. The van der Waals surface area contributed by atoms with E-state index in [1.165, 1.54) is 0 Å². The predicted octanol–water partition coefficient (Wildman–Crippen LogP) is 6.44. The molecule has 3 heteroatoms. The zero-order chi connectivity index (χ0) is 19.2. The number of carbonyl (C=O) groups excluding carboxylic acids is 1. The monoisotopic (exact) mass is 365 g/mol. The maximum absolute atomic E-state index is 12.7. The Morgan fingerprint density at radius 3 is 2.36 bits per heavy atom. The van der Waals surface area contributed by atoms with E-state index >= 15 is 0 Å². The first kappa shape index (κ1) is 17.6. The van der Waals surface area contributed by atoms with Gasteiger partial charge < -0.3 is 10.1 Å². The van der Waals surface area contributed by atoms with Gasteiger partial charge in [0.15, 0.2) is 11.5 Å². The number of ether oxygens (including phenoxy) is 1. The second-order valence-electron chi connectivity index (χ2n) is 6.28. The highest BCUT2D eigenvalue weighted by Gasteiger charge is 2.07. The van der Waals surface area contributed by atoms with Crippen molar-refractivity contribution in [3.8, 4) is 11.5 Å². The third-order valence-corrected chi connectivity index (χ3v) is 4.39. The van der Waals surface area contributed by atoms with E-state index < -0.39 is 0 Å².